The van der Waals surface area contributed by atoms with Gasteiger partial charge in [0.05, 0.1) is 17.8 Å². The van der Waals surface area contributed by atoms with Crippen LogP contribution in [0, 0.1) is 19.7 Å². The summed E-state index contributed by atoms with van der Waals surface area (Å²) in [6, 6.07) is 16.2. The number of hydrogen-bond donors (Lipinski definition) is 3. The number of aliphatic imine (C=N–C) groups is 1. The number of rotatable bonds is 8. The number of carbonyl (C=O) groups is 1. The summed E-state index contributed by atoms with van der Waals surface area (Å²) >= 11 is 0. The molecule has 0 spiro atoms. The maximum Gasteiger partial charge on any atom is 0.224 e. The van der Waals surface area contributed by atoms with Crippen molar-refractivity contribution >= 4 is 35.8 Å². The van der Waals surface area contributed by atoms with Crippen LogP contribution in [-0.2, 0) is 17.8 Å². The summed E-state index contributed by atoms with van der Waals surface area (Å²) in [6.45, 7) is 5.52. The van der Waals surface area contributed by atoms with Crippen LogP contribution >= 0.6 is 24.0 Å². The van der Waals surface area contributed by atoms with Gasteiger partial charge in [-0.3, -0.25) is 9.79 Å². The lowest BCUT2D eigenvalue weighted by atomic mass is 10.1. The number of nitrogens with zero attached hydrogens (tertiary/aromatic N) is 3. The first kappa shape index (κ1) is 26.3. The Morgan fingerprint density at radius 1 is 1.03 bits per heavy atom. The van der Waals surface area contributed by atoms with E-state index in [1.54, 1.807) is 19.2 Å². The van der Waals surface area contributed by atoms with E-state index in [0.29, 0.717) is 31.2 Å². The Kier molecular flexibility index (Phi) is 10.3. The van der Waals surface area contributed by atoms with E-state index >= 15 is 0 Å². The Labute approximate surface area is 210 Å². The highest BCUT2D eigenvalue weighted by Crippen LogP contribution is 2.16. The van der Waals surface area contributed by atoms with Crippen molar-refractivity contribution in [3.8, 4) is 5.69 Å². The van der Waals surface area contributed by atoms with Crippen LogP contribution in [0.1, 0.15) is 22.5 Å². The zero-order valence-corrected chi connectivity index (χ0v) is 21.4. The minimum Gasteiger partial charge on any atom is -0.355 e. The van der Waals surface area contributed by atoms with E-state index in [1.807, 2.05) is 42.8 Å². The molecule has 1 aromatic heterocycles. The van der Waals surface area contributed by atoms with E-state index in [4.69, 9.17) is 0 Å². The minimum absolute atomic E-state index is 0. The Morgan fingerprint density at radius 2 is 1.79 bits per heavy atom. The molecule has 2 aromatic carbocycles. The van der Waals surface area contributed by atoms with Crippen molar-refractivity contribution in [1.29, 1.82) is 0 Å². The van der Waals surface area contributed by atoms with Crippen LogP contribution in [0.3, 0.4) is 0 Å². The largest absolute Gasteiger partial charge is 0.355 e. The van der Waals surface area contributed by atoms with E-state index in [0.717, 1.165) is 22.6 Å². The fourth-order valence-electron chi connectivity index (χ4n) is 3.42. The fourth-order valence-corrected chi connectivity index (χ4v) is 3.42. The van der Waals surface area contributed by atoms with Crippen molar-refractivity contribution in [2.45, 2.75) is 26.8 Å². The van der Waals surface area contributed by atoms with Crippen LogP contribution in [0.25, 0.3) is 5.69 Å². The number of aryl methyl sites for hydroxylation is 2. The van der Waals surface area contributed by atoms with E-state index in [9.17, 15) is 9.18 Å². The number of hydrogen-bond acceptors (Lipinski definition) is 3. The zero-order chi connectivity index (χ0) is 22.9. The summed E-state index contributed by atoms with van der Waals surface area (Å²) in [6.07, 6.45) is 0.147. The van der Waals surface area contributed by atoms with Gasteiger partial charge in [-0.25, -0.2) is 9.07 Å². The predicted molar refractivity (Wildman–Crippen MR) is 140 cm³/mol. The van der Waals surface area contributed by atoms with Crippen molar-refractivity contribution in [2.75, 3.05) is 20.1 Å². The highest BCUT2D eigenvalue weighted by molar-refractivity contribution is 14.0. The molecular formula is C24H30FIN6O. The number of amides is 1. The average molecular weight is 564 g/mol. The van der Waals surface area contributed by atoms with Crippen LogP contribution in [0.2, 0.25) is 0 Å². The number of aromatic nitrogens is 2. The third kappa shape index (κ3) is 7.85. The molecule has 33 heavy (non-hydrogen) atoms. The molecule has 3 rings (SSSR count). The van der Waals surface area contributed by atoms with Gasteiger partial charge in [-0.05, 0) is 49.2 Å². The van der Waals surface area contributed by atoms with E-state index < -0.39 is 0 Å². The molecule has 0 aliphatic heterocycles. The molecular weight excluding hydrogens is 534 g/mol. The van der Waals surface area contributed by atoms with E-state index in [-0.39, 0.29) is 42.1 Å². The number of nitrogens with one attached hydrogen (secondary N) is 3. The molecule has 0 radical (unpaired) electrons. The molecule has 0 saturated carbocycles. The molecule has 3 aromatic rings. The van der Waals surface area contributed by atoms with Gasteiger partial charge in [-0.15, -0.1) is 24.0 Å². The summed E-state index contributed by atoms with van der Waals surface area (Å²) in [5.41, 5.74) is 4.80. The lowest BCUT2D eigenvalue weighted by Gasteiger charge is -2.15. The van der Waals surface area contributed by atoms with Gasteiger partial charge in [0, 0.05) is 32.4 Å². The quantitative estimate of drug-likeness (QED) is 0.170. The molecule has 0 bridgehead atoms. The molecule has 0 saturated heterocycles. The highest BCUT2D eigenvalue weighted by Gasteiger charge is 2.09. The molecule has 176 valence electrons. The van der Waals surface area contributed by atoms with Gasteiger partial charge in [0.15, 0.2) is 5.96 Å². The highest BCUT2D eigenvalue weighted by atomic mass is 127. The Morgan fingerprint density at radius 3 is 2.48 bits per heavy atom. The van der Waals surface area contributed by atoms with Gasteiger partial charge >= 0.3 is 0 Å². The van der Waals surface area contributed by atoms with Crippen LogP contribution in [0.15, 0.2) is 59.6 Å². The Bertz CT molecular complexity index is 1100. The molecule has 0 fully saturated rings. The number of benzene rings is 2. The lowest BCUT2D eigenvalue weighted by molar-refractivity contribution is -0.120. The van der Waals surface area contributed by atoms with E-state index in [2.05, 4.69) is 32.1 Å². The first-order chi connectivity index (χ1) is 15.5. The maximum absolute atomic E-state index is 13.2. The molecule has 1 heterocycles. The fraction of sp³-hybridized carbons (Fsp3) is 0.292. The minimum atomic E-state index is -0.341. The normalized spacial score (nSPS) is 11.0. The summed E-state index contributed by atoms with van der Waals surface area (Å²) < 4.78 is 15.2. The summed E-state index contributed by atoms with van der Waals surface area (Å²) in [5, 5.41) is 13.9. The third-order valence-electron chi connectivity index (χ3n) is 4.89. The van der Waals surface area contributed by atoms with Gasteiger partial charge in [0.25, 0.3) is 0 Å². The standard InChI is InChI=1S/C24H29FN6O.HI/c1-17-13-18(2)31(30-17)22-10-5-4-8-20(22)16-29-24(26-3)28-12-11-27-23(32)15-19-7-6-9-21(25)14-19;/h4-10,13-14H,11-12,15-16H2,1-3H3,(H,27,32)(H2,26,28,29);1H. The summed E-state index contributed by atoms with van der Waals surface area (Å²) in [4.78, 5) is 16.3. The SMILES string of the molecule is CN=C(NCCNC(=O)Cc1cccc(F)c1)NCc1ccccc1-n1nc(C)cc1C.I. The number of guanidine groups is 1. The topological polar surface area (TPSA) is 83.3 Å². The first-order valence-electron chi connectivity index (χ1n) is 10.5. The van der Waals surface area contributed by atoms with Crippen LogP contribution in [-0.4, -0.2) is 41.8 Å². The molecule has 1 amide bonds. The van der Waals surface area contributed by atoms with Gasteiger partial charge in [0.2, 0.25) is 5.91 Å². The van der Waals surface area contributed by atoms with Crippen LogP contribution < -0.4 is 16.0 Å². The molecule has 0 unspecified atom stereocenters. The third-order valence-corrected chi connectivity index (χ3v) is 4.89. The number of halogens is 2. The molecule has 0 aliphatic rings. The molecule has 0 atom stereocenters. The Hall–Kier alpha value is -2.95. The maximum atomic E-state index is 13.2. The summed E-state index contributed by atoms with van der Waals surface area (Å²) in [5.74, 6) is 0.137. The molecule has 0 aliphatic carbocycles. The van der Waals surface area contributed by atoms with Gasteiger partial charge < -0.3 is 16.0 Å². The van der Waals surface area contributed by atoms with Gasteiger partial charge in [0.1, 0.15) is 5.82 Å². The predicted octanol–water partition coefficient (Wildman–Crippen LogP) is 3.27. The van der Waals surface area contributed by atoms with Crippen molar-refractivity contribution in [2.24, 2.45) is 4.99 Å². The van der Waals surface area contributed by atoms with Crippen molar-refractivity contribution in [3.63, 3.8) is 0 Å². The van der Waals surface area contributed by atoms with Crippen molar-refractivity contribution < 1.29 is 9.18 Å². The monoisotopic (exact) mass is 564 g/mol. The number of para-hydroxylation sites is 1. The Balaban J connectivity index is 0.00000385. The second-order valence-electron chi connectivity index (χ2n) is 7.48. The first-order valence-corrected chi connectivity index (χ1v) is 10.5. The average Bonchev–Trinajstić information content (AvgIpc) is 3.11. The number of carbonyl (C=O) groups excluding carboxylic acids is 1. The smallest absolute Gasteiger partial charge is 0.224 e. The van der Waals surface area contributed by atoms with Crippen LogP contribution in [0.5, 0.6) is 0 Å². The van der Waals surface area contributed by atoms with Crippen molar-refractivity contribution in [1.82, 2.24) is 25.7 Å². The van der Waals surface area contributed by atoms with Gasteiger partial charge in [-0.1, -0.05) is 30.3 Å². The zero-order valence-electron chi connectivity index (χ0n) is 19.1. The molecule has 3 N–H and O–H groups in total. The lowest BCUT2D eigenvalue weighted by Crippen LogP contribution is -2.41. The van der Waals surface area contributed by atoms with Crippen molar-refractivity contribution in [3.05, 3.63) is 82.9 Å². The summed E-state index contributed by atoms with van der Waals surface area (Å²) in [7, 11) is 1.70. The second-order valence-corrected chi connectivity index (χ2v) is 7.48. The second kappa shape index (κ2) is 12.9. The van der Waals surface area contributed by atoms with Gasteiger partial charge in [-0.2, -0.15) is 5.10 Å². The van der Waals surface area contributed by atoms with Crippen LogP contribution in [0.4, 0.5) is 4.39 Å². The molecule has 7 nitrogen and oxygen atoms in total. The molecule has 9 heteroatoms. The van der Waals surface area contributed by atoms with E-state index in [1.165, 1.54) is 12.1 Å².